The monoisotopic (exact) mass is 390 g/mol. The number of hydrogen-bond acceptors (Lipinski definition) is 6. The Bertz CT molecular complexity index is 825. The predicted octanol–water partition coefficient (Wildman–Crippen LogP) is 2.99. The Morgan fingerprint density at radius 3 is 2.70 bits per heavy atom. The molecule has 2 heterocycles. The van der Waals surface area contributed by atoms with Gasteiger partial charge in [0.1, 0.15) is 11.6 Å². The van der Waals surface area contributed by atoms with Crippen molar-refractivity contribution in [3.8, 4) is 5.75 Å². The minimum atomic E-state index is -0.688. The molecule has 0 aliphatic carbocycles. The summed E-state index contributed by atoms with van der Waals surface area (Å²) in [6.07, 6.45) is -0.688. The highest BCUT2D eigenvalue weighted by Crippen LogP contribution is 2.23. The number of amides is 1. The largest absolute Gasteiger partial charge is 0.481 e. The minimum Gasteiger partial charge on any atom is -0.481 e. The first kappa shape index (κ1) is 19.4. The standard InChI is InChI=1S/C19H23ClN4O3/c1-12-10-15(20)4-5-16(12)27-14(3)18(25)22-17-11-13(2)21-19(23-17)24-6-8-26-9-7-24/h4-5,10-11,14H,6-9H2,1-3H3,(H,21,22,23,25). The van der Waals surface area contributed by atoms with Gasteiger partial charge in [-0.1, -0.05) is 11.6 Å². The molecule has 1 aliphatic rings. The molecule has 0 bridgehead atoms. The van der Waals surface area contributed by atoms with Crippen molar-refractivity contribution in [3.63, 3.8) is 0 Å². The molecule has 7 nitrogen and oxygen atoms in total. The van der Waals surface area contributed by atoms with Crippen molar-refractivity contribution in [2.45, 2.75) is 26.9 Å². The van der Waals surface area contributed by atoms with Crippen molar-refractivity contribution in [1.82, 2.24) is 9.97 Å². The van der Waals surface area contributed by atoms with Crippen LogP contribution in [0.2, 0.25) is 5.02 Å². The molecule has 1 unspecified atom stereocenters. The van der Waals surface area contributed by atoms with Crippen molar-refractivity contribution >= 4 is 29.3 Å². The maximum atomic E-state index is 12.5. The molecule has 1 amide bonds. The number of halogens is 1. The Balaban J connectivity index is 1.68. The average molecular weight is 391 g/mol. The molecule has 1 saturated heterocycles. The zero-order valence-electron chi connectivity index (χ0n) is 15.7. The van der Waals surface area contributed by atoms with Crippen LogP contribution in [0.25, 0.3) is 0 Å². The summed E-state index contributed by atoms with van der Waals surface area (Å²) in [5, 5.41) is 3.44. The number of nitrogens with zero attached hydrogens (tertiary/aromatic N) is 3. The molecule has 8 heteroatoms. The third-order valence-electron chi connectivity index (χ3n) is 4.20. The van der Waals surface area contributed by atoms with Crippen LogP contribution in [-0.4, -0.2) is 48.3 Å². The summed E-state index contributed by atoms with van der Waals surface area (Å²) in [5.41, 5.74) is 1.65. The summed E-state index contributed by atoms with van der Waals surface area (Å²) in [6.45, 7) is 8.19. The molecule has 1 fully saturated rings. The second kappa shape index (κ2) is 8.54. The highest BCUT2D eigenvalue weighted by molar-refractivity contribution is 6.30. The predicted molar refractivity (Wildman–Crippen MR) is 105 cm³/mol. The number of hydrogen-bond donors (Lipinski definition) is 1. The number of benzene rings is 1. The summed E-state index contributed by atoms with van der Waals surface area (Å²) in [6, 6.07) is 7.02. The van der Waals surface area contributed by atoms with Crippen molar-refractivity contribution in [1.29, 1.82) is 0 Å². The molecular weight excluding hydrogens is 368 g/mol. The lowest BCUT2D eigenvalue weighted by Crippen LogP contribution is -2.37. The number of ether oxygens (including phenoxy) is 2. The van der Waals surface area contributed by atoms with Gasteiger partial charge in [-0.25, -0.2) is 4.98 Å². The van der Waals surface area contributed by atoms with E-state index in [9.17, 15) is 4.79 Å². The normalized spacial score (nSPS) is 15.3. The molecule has 2 aromatic rings. The molecule has 0 saturated carbocycles. The number of rotatable bonds is 5. The zero-order valence-corrected chi connectivity index (χ0v) is 16.4. The van der Waals surface area contributed by atoms with Crippen LogP contribution >= 0.6 is 11.6 Å². The van der Waals surface area contributed by atoms with Crippen molar-refractivity contribution in [3.05, 3.63) is 40.5 Å². The molecule has 3 rings (SSSR count). The summed E-state index contributed by atoms with van der Waals surface area (Å²) in [5.74, 6) is 1.39. The average Bonchev–Trinajstić information content (AvgIpc) is 2.64. The van der Waals surface area contributed by atoms with Gasteiger partial charge in [-0.15, -0.1) is 0 Å². The van der Waals surface area contributed by atoms with E-state index in [1.165, 1.54) is 0 Å². The third-order valence-corrected chi connectivity index (χ3v) is 4.43. The fourth-order valence-electron chi connectivity index (χ4n) is 2.74. The summed E-state index contributed by atoms with van der Waals surface area (Å²) in [7, 11) is 0. The number of nitrogens with one attached hydrogen (secondary N) is 1. The molecule has 1 aromatic heterocycles. The van der Waals surface area contributed by atoms with Crippen molar-refractivity contribution in [2.75, 3.05) is 36.5 Å². The zero-order chi connectivity index (χ0) is 19.4. The van der Waals surface area contributed by atoms with E-state index in [2.05, 4.69) is 15.3 Å². The van der Waals surface area contributed by atoms with E-state index in [1.54, 1.807) is 31.2 Å². The van der Waals surface area contributed by atoms with Crippen LogP contribution in [0.4, 0.5) is 11.8 Å². The van der Waals surface area contributed by atoms with Crippen molar-refractivity contribution < 1.29 is 14.3 Å². The molecule has 144 valence electrons. The van der Waals surface area contributed by atoms with E-state index in [0.29, 0.717) is 35.8 Å². The van der Waals surface area contributed by atoms with Gasteiger partial charge in [0.15, 0.2) is 6.10 Å². The Labute approximate surface area is 163 Å². The van der Waals surface area contributed by atoms with E-state index in [-0.39, 0.29) is 5.91 Å². The second-order valence-electron chi connectivity index (χ2n) is 6.45. The topological polar surface area (TPSA) is 76.6 Å². The lowest BCUT2D eigenvalue weighted by molar-refractivity contribution is -0.122. The Hall–Kier alpha value is -2.38. The van der Waals surface area contributed by atoms with Crippen LogP contribution in [0.15, 0.2) is 24.3 Å². The van der Waals surface area contributed by atoms with Crippen LogP contribution in [0.3, 0.4) is 0 Å². The highest BCUT2D eigenvalue weighted by atomic mass is 35.5. The maximum Gasteiger partial charge on any atom is 0.266 e. The van der Waals surface area contributed by atoms with E-state index in [1.807, 2.05) is 18.7 Å². The molecule has 1 N–H and O–H groups in total. The second-order valence-corrected chi connectivity index (χ2v) is 6.89. The molecule has 0 spiro atoms. The van der Waals surface area contributed by atoms with Crippen LogP contribution < -0.4 is 15.0 Å². The fraction of sp³-hybridized carbons (Fsp3) is 0.421. The van der Waals surface area contributed by atoms with Gasteiger partial charge in [-0.3, -0.25) is 4.79 Å². The van der Waals surface area contributed by atoms with Gasteiger partial charge < -0.3 is 19.7 Å². The van der Waals surface area contributed by atoms with Gasteiger partial charge >= 0.3 is 0 Å². The van der Waals surface area contributed by atoms with E-state index in [4.69, 9.17) is 21.1 Å². The lowest BCUT2D eigenvalue weighted by Gasteiger charge is -2.27. The van der Waals surface area contributed by atoms with E-state index in [0.717, 1.165) is 24.3 Å². The Morgan fingerprint density at radius 2 is 2.00 bits per heavy atom. The fourth-order valence-corrected chi connectivity index (χ4v) is 2.97. The number of aromatic nitrogens is 2. The molecular formula is C19H23ClN4O3. The number of carbonyl (C=O) groups is 1. The summed E-state index contributed by atoms with van der Waals surface area (Å²) >= 11 is 5.96. The number of morpholine rings is 1. The van der Waals surface area contributed by atoms with Crippen LogP contribution in [0.1, 0.15) is 18.2 Å². The molecule has 1 atom stereocenters. The van der Waals surface area contributed by atoms with Gasteiger partial charge in [0.25, 0.3) is 5.91 Å². The first-order chi connectivity index (χ1) is 12.9. The number of aryl methyl sites for hydroxylation is 2. The molecule has 1 aliphatic heterocycles. The molecule has 27 heavy (non-hydrogen) atoms. The highest BCUT2D eigenvalue weighted by Gasteiger charge is 2.19. The maximum absolute atomic E-state index is 12.5. The first-order valence-electron chi connectivity index (χ1n) is 8.84. The lowest BCUT2D eigenvalue weighted by atomic mass is 10.2. The Morgan fingerprint density at radius 1 is 1.26 bits per heavy atom. The SMILES string of the molecule is Cc1cc(NC(=O)C(C)Oc2ccc(Cl)cc2C)nc(N2CCOCC2)n1. The summed E-state index contributed by atoms with van der Waals surface area (Å²) < 4.78 is 11.1. The quantitative estimate of drug-likeness (QED) is 0.845. The van der Waals surface area contributed by atoms with Gasteiger partial charge in [-0.2, -0.15) is 4.98 Å². The van der Waals surface area contributed by atoms with Crippen molar-refractivity contribution in [2.24, 2.45) is 0 Å². The van der Waals surface area contributed by atoms with Crippen LogP contribution in [0.5, 0.6) is 5.75 Å². The smallest absolute Gasteiger partial charge is 0.266 e. The van der Waals surface area contributed by atoms with Crippen LogP contribution in [0, 0.1) is 13.8 Å². The van der Waals surface area contributed by atoms with Gasteiger partial charge in [0, 0.05) is 29.9 Å². The Kier molecular flexibility index (Phi) is 6.13. The van der Waals surface area contributed by atoms with E-state index >= 15 is 0 Å². The first-order valence-corrected chi connectivity index (χ1v) is 9.22. The van der Waals surface area contributed by atoms with Gasteiger partial charge in [0.2, 0.25) is 5.95 Å². The third kappa shape index (κ3) is 5.08. The van der Waals surface area contributed by atoms with Crippen LogP contribution in [-0.2, 0) is 9.53 Å². The molecule has 0 radical (unpaired) electrons. The van der Waals surface area contributed by atoms with Gasteiger partial charge in [-0.05, 0) is 44.5 Å². The number of anilines is 2. The summed E-state index contributed by atoms with van der Waals surface area (Å²) in [4.78, 5) is 23.5. The number of carbonyl (C=O) groups excluding carboxylic acids is 1. The molecule has 1 aromatic carbocycles. The van der Waals surface area contributed by atoms with Gasteiger partial charge in [0.05, 0.1) is 13.2 Å². The van der Waals surface area contributed by atoms with E-state index < -0.39 is 6.10 Å². The minimum absolute atomic E-state index is 0.282.